The van der Waals surface area contributed by atoms with Gasteiger partial charge >= 0.3 is 12.0 Å². The maximum atomic E-state index is 13.2. The lowest BCUT2D eigenvalue weighted by atomic mass is 9.81. The standard InChI is InChI=1S/C22H27ClN4O3S2/c1-3-30-18(28)5-4-10-31-19-12-24-20(32-19)25-21(29)27-14-22(8-9-26(2)13-22)16-11-15(23)6-7-17(16)27/h6-7,11-12H,3-5,8-10,13-14H2,1-2H3,(H,24,25,29). The van der Waals surface area contributed by atoms with Gasteiger partial charge in [0.1, 0.15) is 0 Å². The van der Waals surface area contributed by atoms with E-state index >= 15 is 0 Å². The number of carbonyl (C=O) groups excluding carboxylic acids is 2. The van der Waals surface area contributed by atoms with Crippen molar-refractivity contribution in [3.05, 3.63) is 35.0 Å². The van der Waals surface area contributed by atoms with Crippen LogP contribution in [0.1, 0.15) is 31.7 Å². The minimum atomic E-state index is -0.173. The second kappa shape index (κ2) is 9.99. The summed E-state index contributed by atoms with van der Waals surface area (Å²) in [6, 6.07) is 5.62. The highest BCUT2D eigenvalue weighted by atomic mass is 35.5. The van der Waals surface area contributed by atoms with Gasteiger partial charge in [0.2, 0.25) is 0 Å². The molecule has 7 nitrogen and oxygen atoms in total. The van der Waals surface area contributed by atoms with E-state index in [9.17, 15) is 9.59 Å². The largest absolute Gasteiger partial charge is 0.466 e. The Bertz CT molecular complexity index is 1000. The average Bonchev–Trinajstić information content (AvgIpc) is 3.44. The molecule has 4 rings (SSSR count). The van der Waals surface area contributed by atoms with Crippen LogP contribution < -0.4 is 10.2 Å². The predicted octanol–water partition coefficient (Wildman–Crippen LogP) is 4.86. The molecule has 2 aromatic rings. The van der Waals surface area contributed by atoms with Crippen molar-refractivity contribution in [1.82, 2.24) is 9.88 Å². The number of halogens is 1. The number of benzene rings is 1. The van der Waals surface area contributed by atoms with Crippen LogP contribution >= 0.6 is 34.7 Å². The molecule has 1 saturated heterocycles. The maximum Gasteiger partial charge on any atom is 0.328 e. The van der Waals surface area contributed by atoms with Gasteiger partial charge in [-0.05, 0) is 62.9 Å². The average molecular weight is 495 g/mol. The number of likely N-dealkylation sites (tertiary alicyclic amines) is 1. The highest BCUT2D eigenvalue weighted by Crippen LogP contribution is 2.47. The summed E-state index contributed by atoms with van der Waals surface area (Å²) >= 11 is 9.37. The summed E-state index contributed by atoms with van der Waals surface area (Å²) in [4.78, 5) is 33.1. The van der Waals surface area contributed by atoms with Gasteiger partial charge in [0.15, 0.2) is 5.13 Å². The maximum absolute atomic E-state index is 13.2. The minimum Gasteiger partial charge on any atom is -0.466 e. The van der Waals surface area contributed by atoms with Crippen molar-refractivity contribution in [2.75, 3.05) is 49.3 Å². The molecule has 1 aromatic heterocycles. The number of urea groups is 1. The predicted molar refractivity (Wildman–Crippen MR) is 130 cm³/mol. The monoisotopic (exact) mass is 494 g/mol. The van der Waals surface area contributed by atoms with Gasteiger partial charge in [-0.2, -0.15) is 0 Å². The van der Waals surface area contributed by atoms with E-state index in [1.54, 1.807) is 18.0 Å². The lowest BCUT2D eigenvalue weighted by molar-refractivity contribution is -0.143. The number of rotatable bonds is 7. The number of hydrogen-bond acceptors (Lipinski definition) is 7. The number of thiazole rings is 1. The summed E-state index contributed by atoms with van der Waals surface area (Å²) in [5.41, 5.74) is 2.00. The van der Waals surface area contributed by atoms with Crippen molar-refractivity contribution in [3.8, 4) is 0 Å². The Morgan fingerprint density at radius 3 is 2.97 bits per heavy atom. The third-order valence-corrected chi connectivity index (χ3v) is 8.27. The Morgan fingerprint density at radius 2 is 2.22 bits per heavy atom. The van der Waals surface area contributed by atoms with E-state index in [1.165, 1.54) is 11.3 Å². The lowest BCUT2D eigenvalue weighted by Crippen LogP contribution is -2.40. The van der Waals surface area contributed by atoms with Crippen LogP contribution in [0.4, 0.5) is 15.6 Å². The van der Waals surface area contributed by atoms with Crippen molar-refractivity contribution >= 4 is 57.5 Å². The van der Waals surface area contributed by atoms with Gasteiger partial charge < -0.3 is 9.64 Å². The van der Waals surface area contributed by atoms with E-state index in [0.29, 0.717) is 29.7 Å². The highest BCUT2D eigenvalue weighted by Gasteiger charge is 2.48. The molecule has 0 aliphatic carbocycles. The van der Waals surface area contributed by atoms with Crippen molar-refractivity contribution in [1.29, 1.82) is 0 Å². The third-order valence-electron chi connectivity index (χ3n) is 5.84. The van der Waals surface area contributed by atoms with E-state index < -0.39 is 0 Å². The van der Waals surface area contributed by atoms with Gasteiger partial charge in [0.05, 0.1) is 17.0 Å². The number of nitrogens with one attached hydrogen (secondary N) is 1. The van der Waals surface area contributed by atoms with Crippen LogP contribution in [0, 0.1) is 0 Å². The number of thioether (sulfide) groups is 1. The fourth-order valence-corrected chi connectivity index (χ4v) is 6.47. The molecule has 172 valence electrons. The summed E-state index contributed by atoms with van der Waals surface area (Å²) in [6.45, 7) is 4.77. The Kier molecular flexibility index (Phi) is 7.29. The molecule has 1 atom stereocenters. The van der Waals surface area contributed by atoms with E-state index in [-0.39, 0.29) is 17.4 Å². The number of amides is 2. The van der Waals surface area contributed by atoms with E-state index in [0.717, 1.165) is 47.1 Å². The first-order chi connectivity index (χ1) is 15.4. The van der Waals surface area contributed by atoms with E-state index in [1.807, 2.05) is 30.0 Å². The van der Waals surface area contributed by atoms with Crippen LogP contribution in [-0.4, -0.2) is 60.9 Å². The Balaban J connectivity index is 1.37. The molecule has 2 aliphatic heterocycles. The van der Waals surface area contributed by atoms with Gasteiger partial charge in [-0.15, -0.1) is 11.8 Å². The number of aromatic nitrogens is 1. The second-order valence-electron chi connectivity index (χ2n) is 8.19. The number of anilines is 2. The Morgan fingerprint density at radius 1 is 1.38 bits per heavy atom. The third kappa shape index (κ3) is 5.06. The molecular formula is C22H27ClN4O3S2. The molecule has 0 radical (unpaired) electrons. The van der Waals surface area contributed by atoms with Crippen molar-refractivity contribution < 1.29 is 14.3 Å². The lowest BCUT2D eigenvalue weighted by Gasteiger charge is -2.25. The first-order valence-electron chi connectivity index (χ1n) is 10.7. The van der Waals surface area contributed by atoms with Crippen molar-refractivity contribution in [2.24, 2.45) is 0 Å². The molecule has 2 aliphatic rings. The molecule has 1 spiro atoms. The van der Waals surface area contributed by atoms with Crippen LogP contribution in [0.15, 0.2) is 28.6 Å². The van der Waals surface area contributed by atoms with E-state index in [4.69, 9.17) is 16.3 Å². The van der Waals surface area contributed by atoms with Crippen LogP contribution in [0.3, 0.4) is 0 Å². The number of ether oxygens (including phenoxy) is 1. The van der Waals surface area contributed by atoms with Crippen LogP contribution in [0.2, 0.25) is 5.02 Å². The topological polar surface area (TPSA) is 74.8 Å². The zero-order chi connectivity index (χ0) is 22.7. The molecule has 0 bridgehead atoms. The quantitative estimate of drug-likeness (QED) is 0.336. The molecule has 2 amide bonds. The molecule has 1 fully saturated rings. The number of nitrogens with zero attached hydrogens (tertiary/aromatic N) is 3. The number of carbonyl (C=O) groups is 2. The second-order valence-corrected chi connectivity index (χ2v) is 11.0. The van der Waals surface area contributed by atoms with Gasteiger partial charge in [0, 0.05) is 35.6 Å². The smallest absolute Gasteiger partial charge is 0.328 e. The molecule has 0 saturated carbocycles. The Hall–Kier alpha value is -1.81. The fourth-order valence-electron chi connectivity index (χ4n) is 4.42. The number of likely N-dealkylation sites (N-methyl/N-ethyl adjacent to an activating group) is 1. The van der Waals surface area contributed by atoms with Gasteiger partial charge in [-0.1, -0.05) is 22.9 Å². The van der Waals surface area contributed by atoms with Crippen molar-refractivity contribution in [3.63, 3.8) is 0 Å². The molecule has 1 unspecified atom stereocenters. The molecule has 3 heterocycles. The number of fused-ring (bicyclic) bond motifs is 2. The summed E-state index contributed by atoms with van der Waals surface area (Å²) in [5, 5.41) is 4.23. The van der Waals surface area contributed by atoms with E-state index in [2.05, 4.69) is 22.2 Å². The first-order valence-corrected chi connectivity index (χ1v) is 12.9. The van der Waals surface area contributed by atoms with Crippen molar-refractivity contribution in [2.45, 2.75) is 35.8 Å². The molecular weight excluding hydrogens is 468 g/mol. The summed E-state index contributed by atoms with van der Waals surface area (Å²) in [7, 11) is 2.11. The zero-order valence-electron chi connectivity index (χ0n) is 18.2. The fraction of sp³-hybridized carbons (Fsp3) is 0.500. The molecule has 1 aromatic carbocycles. The molecule has 10 heteroatoms. The normalized spacial score (nSPS) is 20.0. The Labute approximate surface area is 201 Å². The first kappa shape index (κ1) is 23.4. The summed E-state index contributed by atoms with van der Waals surface area (Å²) < 4.78 is 5.95. The molecule has 1 N–H and O–H groups in total. The van der Waals surface area contributed by atoms with Gasteiger partial charge in [-0.25, -0.2) is 9.78 Å². The van der Waals surface area contributed by atoms with Crippen LogP contribution in [0.25, 0.3) is 0 Å². The number of esters is 1. The summed E-state index contributed by atoms with van der Waals surface area (Å²) in [6.07, 6.45) is 3.93. The SMILES string of the molecule is CCOC(=O)CCCSc1cnc(NC(=O)N2CC3(CCN(C)C3)c3cc(Cl)ccc32)s1. The van der Waals surface area contributed by atoms with Gasteiger partial charge in [0.25, 0.3) is 0 Å². The zero-order valence-corrected chi connectivity index (χ0v) is 20.6. The highest BCUT2D eigenvalue weighted by molar-refractivity contribution is 8.01. The van der Waals surface area contributed by atoms with Crippen LogP contribution in [0.5, 0.6) is 0 Å². The number of hydrogen-bond donors (Lipinski definition) is 1. The van der Waals surface area contributed by atoms with Gasteiger partial charge in [-0.3, -0.25) is 15.0 Å². The molecule has 32 heavy (non-hydrogen) atoms. The minimum absolute atomic E-state index is 0.0743. The summed E-state index contributed by atoms with van der Waals surface area (Å²) in [5.74, 6) is 0.633. The van der Waals surface area contributed by atoms with Crippen LogP contribution in [-0.2, 0) is 14.9 Å².